The van der Waals surface area contributed by atoms with Gasteiger partial charge in [0, 0.05) is 0 Å². The van der Waals surface area contributed by atoms with Crippen molar-refractivity contribution in [1.29, 1.82) is 0 Å². The molecule has 0 saturated carbocycles. The Bertz CT molecular complexity index is 420. The maximum atomic E-state index is 12.9. The van der Waals surface area contributed by atoms with Gasteiger partial charge in [0.1, 0.15) is 5.82 Å². The van der Waals surface area contributed by atoms with Crippen molar-refractivity contribution in [2.75, 3.05) is 0 Å². The minimum absolute atomic E-state index is 0.343. The normalized spacial score (nSPS) is 12.5. The fraction of sp³-hybridized carbons (Fsp3) is 0. The highest BCUT2D eigenvalue weighted by atomic mass is 35.5. The first-order chi connectivity index (χ1) is 6.43. The molecule has 0 bridgehead atoms. The summed E-state index contributed by atoms with van der Waals surface area (Å²) in [7, 11) is 0. The maximum absolute atomic E-state index is 12.9. The van der Waals surface area contributed by atoms with Gasteiger partial charge in [-0.25, -0.2) is 13.4 Å². The van der Waals surface area contributed by atoms with Crippen LogP contribution in [-0.2, 0) is 11.1 Å². The van der Waals surface area contributed by atoms with Gasteiger partial charge in [-0.1, -0.05) is 11.6 Å². The molecule has 0 aliphatic carbocycles. The van der Waals surface area contributed by atoms with Crippen LogP contribution in [0.1, 0.15) is 10.4 Å². The van der Waals surface area contributed by atoms with Crippen LogP contribution >= 0.6 is 11.6 Å². The zero-order chi connectivity index (χ0) is 10.9. The summed E-state index contributed by atoms with van der Waals surface area (Å²) in [6, 6.07) is 1.56. The van der Waals surface area contributed by atoms with E-state index in [1.807, 2.05) is 0 Å². The standard InChI is InChI=1S/C7H4ClFO4S/c8-6-4(7(10)11)1-3(14(12)13)2-5(6)9/h1-2H,(H,10,11)(H,12,13). The molecule has 7 heteroatoms. The van der Waals surface area contributed by atoms with E-state index in [9.17, 15) is 13.4 Å². The van der Waals surface area contributed by atoms with Gasteiger partial charge in [-0.05, 0) is 12.1 Å². The number of hydrogen-bond acceptors (Lipinski definition) is 2. The van der Waals surface area contributed by atoms with Crippen LogP contribution in [0.3, 0.4) is 0 Å². The summed E-state index contributed by atoms with van der Waals surface area (Å²) in [5, 5.41) is 7.99. The lowest BCUT2D eigenvalue weighted by molar-refractivity contribution is 0.0696. The lowest BCUT2D eigenvalue weighted by atomic mass is 10.2. The molecule has 1 rings (SSSR count). The van der Waals surface area contributed by atoms with Crippen LogP contribution in [0.15, 0.2) is 17.0 Å². The first-order valence-corrected chi connectivity index (χ1v) is 4.75. The Hall–Kier alpha value is -0.980. The van der Waals surface area contributed by atoms with Crippen molar-refractivity contribution in [2.45, 2.75) is 4.90 Å². The quantitative estimate of drug-likeness (QED) is 0.770. The molecular formula is C7H4ClFO4S. The molecule has 0 spiro atoms. The first kappa shape index (κ1) is 11.1. The van der Waals surface area contributed by atoms with E-state index in [1.165, 1.54) is 0 Å². The van der Waals surface area contributed by atoms with Crippen molar-refractivity contribution >= 4 is 28.7 Å². The summed E-state index contributed by atoms with van der Waals surface area (Å²) in [6.45, 7) is 0. The molecule has 1 aromatic rings. The third-order valence-corrected chi connectivity index (χ3v) is 2.46. The molecule has 0 heterocycles. The summed E-state index contributed by atoms with van der Waals surface area (Å²) < 4.78 is 32.1. The van der Waals surface area contributed by atoms with E-state index in [-0.39, 0.29) is 4.90 Å². The monoisotopic (exact) mass is 238 g/mol. The molecule has 0 aliphatic rings. The fourth-order valence-corrected chi connectivity index (χ4v) is 1.43. The number of rotatable bonds is 2. The summed E-state index contributed by atoms with van der Waals surface area (Å²) in [6.07, 6.45) is 0. The van der Waals surface area contributed by atoms with Crippen molar-refractivity contribution in [3.63, 3.8) is 0 Å². The van der Waals surface area contributed by atoms with E-state index in [0.29, 0.717) is 6.07 Å². The number of benzene rings is 1. The van der Waals surface area contributed by atoms with E-state index < -0.39 is 33.5 Å². The lowest BCUT2D eigenvalue weighted by Gasteiger charge is -2.02. The second kappa shape index (κ2) is 4.04. The first-order valence-electron chi connectivity index (χ1n) is 3.26. The number of carbonyl (C=O) groups is 1. The van der Waals surface area contributed by atoms with Gasteiger partial charge >= 0.3 is 5.97 Å². The van der Waals surface area contributed by atoms with E-state index in [2.05, 4.69) is 0 Å². The third-order valence-electron chi connectivity index (χ3n) is 1.43. The second-order valence-corrected chi connectivity index (χ2v) is 3.67. The summed E-state index contributed by atoms with van der Waals surface area (Å²) in [5.74, 6) is -2.50. The SMILES string of the molecule is O=C(O)c1cc(S(=O)O)cc(F)c1Cl. The Morgan fingerprint density at radius 1 is 1.50 bits per heavy atom. The Kier molecular flexibility index (Phi) is 3.20. The number of carboxylic acid groups (broad SMARTS) is 1. The van der Waals surface area contributed by atoms with Crippen molar-refractivity contribution in [1.82, 2.24) is 0 Å². The topological polar surface area (TPSA) is 74.6 Å². The number of hydrogen-bond donors (Lipinski definition) is 2. The van der Waals surface area contributed by atoms with E-state index in [4.69, 9.17) is 21.3 Å². The highest BCUT2D eigenvalue weighted by molar-refractivity contribution is 7.79. The zero-order valence-corrected chi connectivity index (χ0v) is 8.10. The lowest BCUT2D eigenvalue weighted by Crippen LogP contribution is -2.02. The molecule has 0 saturated heterocycles. The Morgan fingerprint density at radius 2 is 2.07 bits per heavy atom. The van der Waals surface area contributed by atoms with Crippen molar-refractivity contribution in [2.24, 2.45) is 0 Å². The van der Waals surface area contributed by atoms with Gasteiger partial charge in [0.15, 0.2) is 11.1 Å². The minimum atomic E-state index is -2.44. The van der Waals surface area contributed by atoms with Crippen LogP contribution in [0.2, 0.25) is 5.02 Å². The third kappa shape index (κ3) is 2.09. The molecule has 4 nitrogen and oxygen atoms in total. The zero-order valence-electron chi connectivity index (χ0n) is 6.53. The molecule has 0 fully saturated rings. The molecule has 0 aliphatic heterocycles. The van der Waals surface area contributed by atoms with Gasteiger partial charge in [0.05, 0.1) is 15.5 Å². The minimum Gasteiger partial charge on any atom is -0.478 e. The maximum Gasteiger partial charge on any atom is 0.337 e. The molecular weight excluding hydrogens is 235 g/mol. The Labute approximate surface area is 85.6 Å². The second-order valence-electron chi connectivity index (χ2n) is 2.32. The summed E-state index contributed by atoms with van der Waals surface area (Å²) in [5.41, 5.74) is -0.538. The molecule has 0 radical (unpaired) electrons. The van der Waals surface area contributed by atoms with Crippen LogP contribution in [0, 0.1) is 5.82 Å². The van der Waals surface area contributed by atoms with Crippen molar-refractivity contribution < 1.29 is 23.1 Å². The van der Waals surface area contributed by atoms with E-state index >= 15 is 0 Å². The predicted octanol–water partition coefficient (Wildman–Crippen LogP) is 1.76. The highest BCUT2D eigenvalue weighted by Gasteiger charge is 2.16. The van der Waals surface area contributed by atoms with Crippen LogP contribution in [0.5, 0.6) is 0 Å². The molecule has 0 amide bonds. The molecule has 1 atom stereocenters. The van der Waals surface area contributed by atoms with Crippen LogP contribution < -0.4 is 0 Å². The van der Waals surface area contributed by atoms with Crippen LogP contribution in [0.4, 0.5) is 4.39 Å². The molecule has 1 unspecified atom stereocenters. The molecule has 14 heavy (non-hydrogen) atoms. The molecule has 0 aromatic heterocycles. The number of aromatic carboxylic acids is 1. The average molecular weight is 239 g/mol. The van der Waals surface area contributed by atoms with E-state index in [1.54, 1.807) is 0 Å². The average Bonchev–Trinajstić information content (AvgIpc) is 2.08. The van der Waals surface area contributed by atoms with Crippen molar-refractivity contribution in [3.05, 3.63) is 28.5 Å². The Morgan fingerprint density at radius 3 is 2.50 bits per heavy atom. The molecule has 76 valence electrons. The Balaban J connectivity index is 3.43. The van der Waals surface area contributed by atoms with Gasteiger partial charge in [-0.3, -0.25) is 0 Å². The van der Waals surface area contributed by atoms with E-state index in [0.717, 1.165) is 6.07 Å². The van der Waals surface area contributed by atoms with Crippen LogP contribution in [0.25, 0.3) is 0 Å². The van der Waals surface area contributed by atoms with Gasteiger partial charge in [0.2, 0.25) is 0 Å². The summed E-state index contributed by atoms with van der Waals surface area (Å²) in [4.78, 5) is 10.2. The number of carboxylic acids is 1. The predicted molar refractivity (Wildman–Crippen MR) is 47.4 cm³/mol. The van der Waals surface area contributed by atoms with Crippen LogP contribution in [-0.4, -0.2) is 19.8 Å². The van der Waals surface area contributed by atoms with Gasteiger partial charge < -0.3 is 9.66 Å². The van der Waals surface area contributed by atoms with Gasteiger partial charge in [0.25, 0.3) is 0 Å². The fourth-order valence-electron chi connectivity index (χ4n) is 0.821. The van der Waals surface area contributed by atoms with Gasteiger partial charge in [-0.15, -0.1) is 0 Å². The highest BCUT2D eigenvalue weighted by Crippen LogP contribution is 2.23. The molecule has 1 aromatic carbocycles. The number of halogens is 2. The smallest absolute Gasteiger partial charge is 0.337 e. The van der Waals surface area contributed by atoms with Crippen molar-refractivity contribution in [3.8, 4) is 0 Å². The largest absolute Gasteiger partial charge is 0.478 e. The van der Waals surface area contributed by atoms with Gasteiger partial charge in [-0.2, -0.15) is 0 Å². The molecule has 2 N–H and O–H groups in total. The summed E-state index contributed by atoms with van der Waals surface area (Å²) >= 11 is 2.89.